The average Bonchev–Trinajstić information content (AvgIpc) is 3.00. The quantitative estimate of drug-likeness (QED) is 0.821. The molecule has 4 rings (SSSR count). The summed E-state index contributed by atoms with van der Waals surface area (Å²) in [5, 5.41) is 0. The van der Waals surface area contributed by atoms with Crippen LogP contribution in [0.5, 0.6) is 0 Å². The minimum atomic E-state index is -0.143. The van der Waals surface area contributed by atoms with Crippen LogP contribution in [-0.4, -0.2) is 77.3 Å². The summed E-state index contributed by atoms with van der Waals surface area (Å²) in [6.45, 7) is 4.07. The highest BCUT2D eigenvalue weighted by Crippen LogP contribution is 2.30. The Kier molecular flexibility index (Phi) is 4.46. The fourth-order valence-corrected chi connectivity index (χ4v) is 4.44. The van der Waals surface area contributed by atoms with Crippen LogP contribution >= 0.6 is 0 Å². The Hall–Kier alpha value is -1.95. The van der Waals surface area contributed by atoms with Crippen molar-refractivity contribution in [3.63, 3.8) is 0 Å². The van der Waals surface area contributed by atoms with E-state index in [1.54, 1.807) is 0 Å². The molecule has 3 aliphatic heterocycles. The topological polar surface area (TPSA) is 56.8 Å². The molecule has 1 unspecified atom stereocenters. The van der Waals surface area contributed by atoms with Crippen LogP contribution in [-0.2, 0) is 9.59 Å². The van der Waals surface area contributed by atoms with E-state index in [9.17, 15) is 9.59 Å². The molecule has 3 fully saturated rings. The van der Waals surface area contributed by atoms with E-state index in [1.807, 2.05) is 22.2 Å². The number of likely N-dealkylation sites (N-methyl/N-ethyl adjacent to an activating group) is 1. The molecule has 2 amide bonds. The van der Waals surface area contributed by atoms with Gasteiger partial charge in [-0.25, -0.2) is 0 Å². The number of piperidine rings is 1. The van der Waals surface area contributed by atoms with E-state index in [4.69, 9.17) is 0 Å². The minimum Gasteiger partial charge on any atom is -0.342 e. The third-order valence-electron chi connectivity index (χ3n) is 5.98. The van der Waals surface area contributed by atoms with Gasteiger partial charge in [0.15, 0.2) is 0 Å². The largest absolute Gasteiger partial charge is 0.342 e. The number of hydrogen-bond acceptors (Lipinski definition) is 4. The van der Waals surface area contributed by atoms with Crippen molar-refractivity contribution < 1.29 is 9.59 Å². The van der Waals surface area contributed by atoms with E-state index in [1.165, 1.54) is 5.56 Å². The summed E-state index contributed by atoms with van der Waals surface area (Å²) in [5.74, 6) is 0.704. The molecular formula is C19H26N4O2. The second-order valence-corrected chi connectivity index (χ2v) is 7.70. The van der Waals surface area contributed by atoms with Crippen molar-refractivity contribution in [3.05, 3.63) is 30.1 Å². The molecule has 3 aliphatic rings. The van der Waals surface area contributed by atoms with Gasteiger partial charge in [-0.1, -0.05) is 0 Å². The predicted octanol–water partition coefficient (Wildman–Crippen LogP) is 0.950. The van der Waals surface area contributed by atoms with Gasteiger partial charge in [-0.05, 0) is 43.5 Å². The van der Waals surface area contributed by atoms with E-state index in [0.717, 1.165) is 39.0 Å². The Morgan fingerprint density at radius 2 is 1.80 bits per heavy atom. The van der Waals surface area contributed by atoms with E-state index in [2.05, 4.69) is 29.1 Å². The molecule has 0 saturated carbocycles. The third-order valence-corrected chi connectivity index (χ3v) is 5.98. The lowest BCUT2D eigenvalue weighted by Gasteiger charge is -2.42. The summed E-state index contributed by atoms with van der Waals surface area (Å²) >= 11 is 0. The lowest BCUT2D eigenvalue weighted by molar-refractivity contribution is -0.136. The lowest BCUT2D eigenvalue weighted by Crippen LogP contribution is -2.58. The molecule has 6 nitrogen and oxygen atoms in total. The van der Waals surface area contributed by atoms with Gasteiger partial charge in [0, 0.05) is 51.5 Å². The number of carbonyl (C=O) groups is 2. The van der Waals surface area contributed by atoms with Crippen LogP contribution in [0.1, 0.15) is 30.7 Å². The van der Waals surface area contributed by atoms with Gasteiger partial charge in [0.05, 0.1) is 12.0 Å². The number of likely N-dealkylation sites (tertiary alicyclic amines) is 3. The van der Waals surface area contributed by atoms with Crippen LogP contribution in [0.25, 0.3) is 0 Å². The predicted molar refractivity (Wildman–Crippen MR) is 93.9 cm³/mol. The fourth-order valence-electron chi connectivity index (χ4n) is 4.44. The molecule has 4 heterocycles. The molecule has 1 atom stereocenters. The first-order valence-corrected chi connectivity index (χ1v) is 9.28. The van der Waals surface area contributed by atoms with E-state index >= 15 is 0 Å². The molecule has 1 aromatic rings. The smallest absolute Gasteiger partial charge is 0.227 e. The normalized spacial score (nSPS) is 26.1. The van der Waals surface area contributed by atoms with Gasteiger partial charge < -0.3 is 14.7 Å². The number of carbonyl (C=O) groups excluding carboxylic acids is 2. The Morgan fingerprint density at radius 1 is 1.12 bits per heavy atom. The van der Waals surface area contributed by atoms with Crippen molar-refractivity contribution in [2.75, 3.05) is 39.8 Å². The maximum absolute atomic E-state index is 12.9. The van der Waals surface area contributed by atoms with Crippen molar-refractivity contribution in [3.8, 4) is 0 Å². The van der Waals surface area contributed by atoms with Crippen LogP contribution in [0, 0.1) is 5.92 Å². The molecule has 0 N–H and O–H groups in total. The van der Waals surface area contributed by atoms with Gasteiger partial charge in [-0.3, -0.25) is 14.6 Å². The number of pyridine rings is 1. The van der Waals surface area contributed by atoms with Crippen molar-refractivity contribution in [2.45, 2.75) is 31.2 Å². The summed E-state index contributed by atoms with van der Waals surface area (Å²) in [7, 11) is 2.06. The number of hydrogen-bond donors (Lipinski definition) is 0. The zero-order chi connectivity index (χ0) is 17.4. The molecular weight excluding hydrogens is 316 g/mol. The highest BCUT2D eigenvalue weighted by Gasteiger charge is 2.42. The first-order chi connectivity index (χ1) is 12.1. The highest BCUT2D eigenvalue weighted by atomic mass is 16.2. The molecule has 1 aromatic heterocycles. The summed E-state index contributed by atoms with van der Waals surface area (Å²) in [4.78, 5) is 35.3. The summed E-state index contributed by atoms with van der Waals surface area (Å²) in [6, 6.07) is 4.46. The van der Waals surface area contributed by atoms with Gasteiger partial charge >= 0.3 is 0 Å². The van der Waals surface area contributed by atoms with Crippen molar-refractivity contribution in [2.24, 2.45) is 5.92 Å². The summed E-state index contributed by atoms with van der Waals surface area (Å²) in [6.07, 6.45) is 6.05. The highest BCUT2D eigenvalue weighted by molar-refractivity contribution is 5.89. The number of rotatable bonds is 3. The standard InChI is InChI=1S/C19H26N4O2/c1-21-12-17(13-21)23-11-16(10-18(23)24)19(25)22-8-4-15(5-9-22)14-2-6-20-7-3-14/h2-3,6-7,15-17H,4-5,8-13H2,1H3. The number of aromatic nitrogens is 1. The van der Waals surface area contributed by atoms with Crippen molar-refractivity contribution in [1.29, 1.82) is 0 Å². The third kappa shape index (κ3) is 3.27. The maximum atomic E-state index is 12.9. The number of nitrogens with zero attached hydrogens (tertiary/aromatic N) is 4. The summed E-state index contributed by atoms with van der Waals surface area (Å²) < 4.78 is 0. The van der Waals surface area contributed by atoms with Gasteiger partial charge in [0.2, 0.25) is 11.8 Å². The summed E-state index contributed by atoms with van der Waals surface area (Å²) in [5.41, 5.74) is 1.32. The maximum Gasteiger partial charge on any atom is 0.227 e. The number of amides is 2. The zero-order valence-electron chi connectivity index (χ0n) is 14.8. The SMILES string of the molecule is CN1CC(N2CC(C(=O)N3CCC(c4ccncc4)CC3)CC2=O)C1. The molecule has 0 radical (unpaired) electrons. The van der Waals surface area contributed by atoms with E-state index in [-0.39, 0.29) is 17.7 Å². The van der Waals surface area contributed by atoms with Gasteiger partial charge in [-0.2, -0.15) is 0 Å². The molecule has 0 aliphatic carbocycles. The van der Waals surface area contributed by atoms with Crippen LogP contribution in [0.15, 0.2) is 24.5 Å². The second-order valence-electron chi connectivity index (χ2n) is 7.70. The molecule has 25 heavy (non-hydrogen) atoms. The lowest BCUT2D eigenvalue weighted by atomic mass is 9.89. The first kappa shape index (κ1) is 16.5. The van der Waals surface area contributed by atoms with Gasteiger partial charge in [0.1, 0.15) is 0 Å². The van der Waals surface area contributed by atoms with E-state index < -0.39 is 0 Å². The molecule has 0 spiro atoms. The van der Waals surface area contributed by atoms with Gasteiger partial charge in [0.25, 0.3) is 0 Å². The van der Waals surface area contributed by atoms with Crippen LogP contribution in [0.4, 0.5) is 0 Å². The first-order valence-electron chi connectivity index (χ1n) is 9.28. The van der Waals surface area contributed by atoms with E-state index in [0.29, 0.717) is 24.9 Å². The van der Waals surface area contributed by atoms with Crippen LogP contribution < -0.4 is 0 Å². The minimum absolute atomic E-state index is 0.143. The Morgan fingerprint density at radius 3 is 2.44 bits per heavy atom. The molecule has 3 saturated heterocycles. The van der Waals surface area contributed by atoms with Gasteiger partial charge in [-0.15, -0.1) is 0 Å². The Bertz CT molecular complexity index is 636. The molecule has 134 valence electrons. The van der Waals surface area contributed by atoms with Crippen LogP contribution in [0.3, 0.4) is 0 Å². The monoisotopic (exact) mass is 342 g/mol. The molecule has 0 aromatic carbocycles. The molecule has 6 heteroatoms. The van der Waals surface area contributed by atoms with Crippen molar-refractivity contribution >= 4 is 11.8 Å². The van der Waals surface area contributed by atoms with Crippen LogP contribution in [0.2, 0.25) is 0 Å². The fraction of sp³-hybridized carbons (Fsp3) is 0.632. The second kappa shape index (κ2) is 6.75. The zero-order valence-corrected chi connectivity index (χ0v) is 14.8. The Balaban J connectivity index is 1.31. The Labute approximate surface area is 148 Å². The average molecular weight is 342 g/mol. The molecule has 0 bridgehead atoms. The van der Waals surface area contributed by atoms with Crippen molar-refractivity contribution in [1.82, 2.24) is 19.7 Å².